The molecule has 0 spiro atoms. The Morgan fingerprint density at radius 3 is 1.57 bits per heavy atom. The van der Waals surface area contributed by atoms with Gasteiger partial charge in [0.25, 0.3) is 0 Å². The van der Waals surface area contributed by atoms with Gasteiger partial charge >= 0.3 is 6.18 Å². The van der Waals surface area contributed by atoms with Gasteiger partial charge in [-0.3, -0.25) is 0 Å². The summed E-state index contributed by atoms with van der Waals surface area (Å²) in [6, 6.07) is 10.3. The molecule has 0 aliphatic heterocycles. The van der Waals surface area contributed by atoms with Gasteiger partial charge in [-0.25, -0.2) is 0 Å². The fourth-order valence-electron chi connectivity index (χ4n) is 4.68. The Morgan fingerprint density at radius 1 is 0.649 bits per heavy atom. The molecule has 0 aliphatic rings. The highest BCUT2D eigenvalue weighted by molar-refractivity contribution is 5.13. The number of ether oxygens (including phenoxy) is 2. The van der Waals surface area contributed by atoms with E-state index in [0.29, 0.717) is 26.1 Å². The number of halogens is 3. The van der Waals surface area contributed by atoms with Gasteiger partial charge in [-0.2, -0.15) is 13.2 Å². The Bertz CT molecular complexity index is 625. The van der Waals surface area contributed by atoms with Crippen LogP contribution in [0.4, 0.5) is 13.2 Å². The summed E-state index contributed by atoms with van der Waals surface area (Å²) < 4.78 is 48.4. The van der Waals surface area contributed by atoms with Crippen molar-refractivity contribution in [1.82, 2.24) is 0 Å². The van der Waals surface area contributed by atoms with Crippen molar-refractivity contribution < 1.29 is 22.6 Å². The Morgan fingerprint density at radius 2 is 1.11 bits per heavy atom. The highest BCUT2D eigenvalue weighted by atomic mass is 19.4. The Labute approximate surface area is 226 Å². The first kappa shape index (κ1) is 34.0. The largest absolute Gasteiger partial charge is 0.389 e. The van der Waals surface area contributed by atoms with Gasteiger partial charge in [0.15, 0.2) is 0 Å². The molecule has 0 saturated heterocycles. The standard InChI is InChI=1S/C32H55F3O2/c1-31(2,3)26-30(37-27-29-22-18-17-19-23-29)28-36-25-21-16-14-12-10-8-6-4-5-7-9-11-13-15-20-24-32(33,34)35/h17-19,22-23,30H,4-16,20-21,24-28H2,1-3H3. The minimum atomic E-state index is -3.98. The van der Waals surface area contributed by atoms with E-state index in [-0.39, 0.29) is 11.5 Å². The molecule has 1 aromatic rings. The molecule has 1 atom stereocenters. The number of hydrogen-bond donors (Lipinski definition) is 0. The Balaban J connectivity index is 1.89. The highest BCUT2D eigenvalue weighted by Gasteiger charge is 2.25. The third-order valence-electron chi connectivity index (χ3n) is 6.72. The molecular weight excluding hydrogens is 473 g/mol. The van der Waals surface area contributed by atoms with Gasteiger partial charge < -0.3 is 9.47 Å². The third-order valence-corrected chi connectivity index (χ3v) is 6.72. The molecule has 216 valence electrons. The molecule has 37 heavy (non-hydrogen) atoms. The van der Waals surface area contributed by atoms with E-state index in [1.807, 2.05) is 6.07 Å². The highest BCUT2D eigenvalue weighted by Crippen LogP contribution is 2.24. The molecule has 0 saturated carbocycles. The lowest BCUT2D eigenvalue weighted by Crippen LogP contribution is -2.26. The Hall–Kier alpha value is -1.07. The fraction of sp³-hybridized carbons (Fsp3) is 0.812. The van der Waals surface area contributed by atoms with Crippen molar-refractivity contribution in [2.75, 3.05) is 13.2 Å². The van der Waals surface area contributed by atoms with E-state index in [2.05, 4.69) is 45.0 Å². The lowest BCUT2D eigenvalue weighted by molar-refractivity contribution is -0.135. The molecule has 0 aliphatic carbocycles. The van der Waals surface area contributed by atoms with Crippen molar-refractivity contribution in [2.45, 2.75) is 149 Å². The maximum Gasteiger partial charge on any atom is 0.389 e. The summed E-state index contributed by atoms with van der Waals surface area (Å²) in [7, 11) is 0. The van der Waals surface area contributed by atoms with Gasteiger partial charge in [-0.1, -0.05) is 135 Å². The van der Waals surface area contributed by atoms with E-state index in [4.69, 9.17) is 9.47 Å². The van der Waals surface area contributed by atoms with Gasteiger partial charge in [0.05, 0.1) is 19.3 Å². The second-order valence-electron chi connectivity index (χ2n) is 11.9. The average molecular weight is 529 g/mol. The van der Waals surface area contributed by atoms with Crippen LogP contribution in [0.15, 0.2) is 30.3 Å². The van der Waals surface area contributed by atoms with E-state index in [1.165, 1.54) is 69.8 Å². The first-order valence-corrected chi connectivity index (χ1v) is 15.0. The maximum absolute atomic E-state index is 12.1. The first-order valence-electron chi connectivity index (χ1n) is 15.0. The zero-order chi connectivity index (χ0) is 27.2. The summed E-state index contributed by atoms with van der Waals surface area (Å²) in [5, 5.41) is 0. The van der Waals surface area contributed by atoms with Crippen LogP contribution < -0.4 is 0 Å². The zero-order valence-electron chi connectivity index (χ0n) is 24.1. The first-order chi connectivity index (χ1) is 17.7. The van der Waals surface area contributed by atoms with Crippen LogP contribution in [0.1, 0.15) is 135 Å². The molecule has 0 N–H and O–H groups in total. The molecule has 0 heterocycles. The van der Waals surface area contributed by atoms with Crippen LogP contribution >= 0.6 is 0 Å². The molecule has 5 heteroatoms. The van der Waals surface area contributed by atoms with Gasteiger partial charge in [0, 0.05) is 13.0 Å². The molecule has 0 amide bonds. The monoisotopic (exact) mass is 528 g/mol. The van der Waals surface area contributed by atoms with Crippen molar-refractivity contribution in [3.63, 3.8) is 0 Å². The van der Waals surface area contributed by atoms with Crippen molar-refractivity contribution >= 4 is 0 Å². The second kappa shape index (κ2) is 20.8. The molecule has 2 nitrogen and oxygen atoms in total. The number of alkyl halides is 3. The van der Waals surface area contributed by atoms with Crippen LogP contribution in [0.2, 0.25) is 0 Å². The Kier molecular flexibility index (Phi) is 19.1. The molecule has 0 fully saturated rings. The lowest BCUT2D eigenvalue weighted by atomic mass is 9.89. The summed E-state index contributed by atoms with van der Waals surface area (Å²) >= 11 is 0. The number of unbranched alkanes of at least 4 members (excludes halogenated alkanes) is 14. The van der Waals surface area contributed by atoms with Gasteiger partial charge in [-0.15, -0.1) is 0 Å². The van der Waals surface area contributed by atoms with Gasteiger partial charge in [0.1, 0.15) is 0 Å². The summed E-state index contributed by atoms with van der Waals surface area (Å²) in [6.45, 7) is 8.88. The summed E-state index contributed by atoms with van der Waals surface area (Å²) in [6.07, 6.45) is 13.4. The molecule has 1 rings (SSSR count). The van der Waals surface area contributed by atoms with Crippen LogP contribution in [-0.2, 0) is 16.1 Å². The quantitative estimate of drug-likeness (QED) is 0.132. The van der Waals surface area contributed by atoms with Crippen LogP contribution in [0.3, 0.4) is 0 Å². The van der Waals surface area contributed by atoms with Crippen molar-refractivity contribution in [3.05, 3.63) is 35.9 Å². The molecule has 1 unspecified atom stereocenters. The van der Waals surface area contributed by atoms with Crippen LogP contribution in [0, 0.1) is 5.41 Å². The maximum atomic E-state index is 12.1. The van der Waals surface area contributed by atoms with Crippen LogP contribution in [0.25, 0.3) is 0 Å². The summed E-state index contributed by atoms with van der Waals surface area (Å²) in [5.74, 6) is 0. The summed E-state index contributed by atoms with van der Waals surface area (Å²) in [4.78, 5) is 0. The zero-order valence-corrected chi connectivity index (χ0v) is 24.1. The van der Waals surface area contributed by atoms with Crippen molar-refractivity contribution in [1.29, 1.82) is 0 Å². The van der Waals surface area contributed by atoms with Crippen LogP contribution in [-0.4, -0.2) is 25.5 Å². The molecule has 1 aromatic carbocycles. The molecule has 0 aromatic heterocycles. The SMILES string of the molecule is CC(C)(C)CC(COCCCCCCCCCCCCCCCCCC(F)(F)F)OCc1ccccc1. The minimum Gasteiger partial charge on any atom is -0.379 e. The van der Waals surface area contributed by atoms with E-state index in [1.54, 1.807) is 0 Å². The molecular formula is C32H55F3O2. The van der Waals surface area contributed by atoms with Crippen molar-refractivity contribution in [2.24, 2.45) is 5.41 Å². The van der Waals surface area contributed by atoms with E-state index in [9.17, 15) is 13.2 Å². The minimum absolute atomic E-state index is 0.128. The van der Waals surface area contributed by atoms with E-state index < -0.39 is 12.6 Å². The fourth-order valence-corrected chi connectivity index (χ4v) is 4.68. The van der Waals surface area contributed by atoms with E-state index >= 15 is 0 Å². The summed E-state index contributed by atoms with van der Waals surface area (Å²) in [5.41, 5.74) is 1.42. The van der Waals surface area contributed by atoms with Crippen molar-refractivity contribution in [3.8, 4) is 0 Å². The number of hydrogen-bond acceptors (Lipinski definition) is 2. The molecule has 0 radical (unpaired) electrons. The van der Waals surface area contributed by atoms with E-state index in [0.717, 1.165) is 32.3 Å². The average Bonchev–Trinajstić information content (AvgIpc) is 2.83. The molecule has 0 bridgehead atoms. The lowest BCUT2D eigenvalue weighted by Gasteiger charge is -2.26. The van der Waals surface area contributed by atoms with Gasteiger partial charge in [-0.05, 0) is 30.2 Å². The van der Waals surface area contributed by atoms with Crippen LogP contribution in [0.5, 0.6) is 0 Å². The second-order valence-corrected chi connectivity index (χ2v) is 11.9. The normalized spacial score (nSPS) is 13.2. The topological polar surface area (TPSA) is 18.5 Å². The number of rotatable bonds is 23. The number of benzene rings is 1. The third kappa shape index (κ3) is 23.8. The van der Waals surface area contributed by atoms with Gasteiger partial charge in [0.2, 0.25) is 0 Å². The predicted octanol–water partition coefficient (Wildman–Crippen LogP) is 10.8. The predicted molar refractivity (Wildman–Crippen MR) is 150 cm³/mol. The smallest absolute Gasteiger partial charge is 0.379 e.